The van der Waals surface area contributed by atoms with Crippen LogP contribution >= 0.6 is 0 Å². The van der Waals surface area contributed by atoms with Crippen LogP contribution in [0, 0.1) is 11.6 Å². The van der Waals surface area contributed by atoms with Gasteiger partial charge >= 0.3 is 16.2 Å². The fourth-order valence-electron chi connectivity index (χ4n) is 4.03. The third-order valence-corrected chi connectivity index (χ3v) is 7.40. The fraction of sp³-hybridized carbons (Fsp3) is 0.217. The summed E-state index contributed by atoms with van der Waals surface area (Å²) < 4.78 is 63.5. The molecule has 1 aliphatic rings. The number of carbonyl (C=O) groups excluding carboxylic acids is 1. The first kappa shape index (κ1) is 23.8. The summed E-state index contributed by atoms with van der Waals surface area (Å²) in [6.07, 6.45) is 7.24. The van der Waals surface area contributed by atoms with Gasteiger partial charge in [-0.2, -0.15) is 12.7 Å². The average molecular weight is 515 g/mol. The van der Waals surface area contributed by atoms with Gasteiger partial charge in [0.25, 0.3) is 0 Å². The molecule has 0 aliphatic carbocycles. The van der Waals surface area contributed by atoms with Crippen molar-refractivity contribution in [3.63, 3.8) is 0 Å². The Hall–Kier alpha value is -3.97. The van der Waals surface area contributed by atoms with Crippen LogP contribution in [-0.2, 0) is 10.2 Å². The highest BCUT2D eigenvalue weighted by Gasteiger charge is 2.29. The Morgan fingerprint density at radius 3 is 2.47 bits per heavy atom. The smallest absolute Gasteiger partial charge is 0.316 e. The van der Waals surface area contributed by atoms with Gasteiger partial charge in [0, 0.05) is 60.0 Å². The number of fused-ring (bicyclic) bond motifs is 1. The SMILES string of the molecule is COc1ncc(-c2cnc3[nH]cc(C(=O)c4c(F)ccc(NS(=O)(=O)N5CCCC5)c4F)c3c2)cn1. The lowest BCUT2D eigenvalue weighted by atomic mass is 10.0. The topological polar surface area (TPSA) is 130 Å². The largest absolute Gasteiger partial charge is 0.467 e. The monoisotopic (exact) mass is 514 g/mol. The summed E-state index contributed by atoms with van der Waals surface area (Å²) >= 11 is 0. The van der Waals surface area contributed by atoms with Crippen molar-refractivity contribution in [2.75, 3.05) is 24.9 Å². The molecule has 4 heterocycles. The summed E-state index contributed by atoms with van der Waals surface area (Å²) in [6.45, 7) is 0.599. The molecule has 3 aromatic heterocycles. The molecule has 10 nitrogen and oxygen atoms in total. The molecule has 1 fully saturated rings. The molecular formula is C23H20F2N6O4S. The van der Waals surface area contributed by atoms with Crippen LogP contribution in [0.2, 0.25) is 0 Å². The highest BCUT2D eigenvalue weighted by Crippen LogP contribution is 2.30. The Balaban J connectivity index is 1.52. The van der Waals surface area contributed by atoms with Crippen LogP contribution < -0.4 is 9.46 Å². The van der Waals surface area contributed by atoms with Crippen LogP contribution in [0.4, 0.5) is 14.5 Å². The maximum atomic E-state index is 15.3. The number of pyridine rings is 1. The second-order valence-corrected chi connectivity index (χ2v) is 9.78. The van der Waals surface area contributed by atoms with E-state index in [0.29, 0.717) is 48.1 Å². The number of benzene rings is 1. The summed E-state index contributed by atoms with van der Waals surface area (Å²) in [4.78, 5) is 28.5. The van der Waals surface area contributed by atoms with E-state index in [4.69, 9.17) is 4.74 Å². The lowest BCUT2D eigenvalue weighted by Crippen LogP contribution is -2.33. The summed E-state index contributed by atoms with van der Waals surface area (Å²) in [5.41, 5.74) is 0.0399. The second-order valence-electron chi connectivity index (χ2n) is 8.11. The number of nitrogens with one attached hydrogen (secondary N) is 2. The molecule has 1 aliphatic heterocycles. The summed E-state index contributed by atoms with van der Waals surface area (Å²) in [7, 11) is -2.61. The highest BCUT2D eigenvalue weighted by atomic mass is 32.2. The Morgan fingerprint density at radius 2 is 1.78 bits per heavy atom. The molecule has 0 unspecified atom stereocenters. The molecular weight excluding hydrogens is 494 g/mol. The van der Waals surface area contributed by atoms with Crippen molar-refractivity contribution in [2.24, 2.45) is 0 Å². The molecule has 0 atom stereocenters. The van der Waals surface area contributed by atoms with Gasteiger partial charge in [0.2, 0.25) is 5.78 Å². The van der Waals surface area contributed by atoms with Gasteiger partial charge in [0.15, 0.2) is 5.82 Å². The van der Waals surface area contributed by atoms with E-state index in [-0.39, 0.29) is 11.6 Å². The van der Waals surface area contributed by atoms with E-state index in [0.717, 1.165) is 12.1 Å². The van der Waals surface area contributed by atoms with Crippen molar-refractivity contribution in [2.45, 2.75) is 12.8 Å². The van der Waals surface area contributed by atoms with Gasteiger partial charge in [0.1, 0.15) is 11.5 Å². The number of rotatable bonds is 7. The van der Waals surface area contributed by atoms with Crippen LogP contribution in [0.1, 0.15) is 28.8 Å². The Labute approximate surface area is 204 Å². The summed E-state index contributed by atoms with van der Waals surface area (Å²) in [5.74, 6) is -3.39. The number of hydrogen-bond donors (Lipinski definition) is 2. The molecule has 2 N–H and O–H groups in total. The zero-order valence-electron chi connectivity index (χ0n) is 19.0. The molecule has 0 bridgehead atoms. The summed E-state index contributed by atoms with van der Waals surface area (Å²) in [6, 6.07) is 3.60. The lowest BCUT2D eigenvalue weighted by Gasteiger charge is -2.18. The van der Waals surface area contributed by atoms with E-state index < -0.39 is 38.9 Å². The first-order valence-electron chi connectivity index (χ1n) is 10.9. The van der Waals surface area contributed by atoms with Crippen LogP contribution in [0.5, 0.6) is 6.01 Å². The van der Waals surface area contributed by atoms with Gasteiger partial charge < -0.3 is 9.72 Å². The van der Waals surface area contributed by atoms with Crippen molar-refractivity contribution >= 4 is 32.7 Å². The molecule has 5 rings (SSSR count). The van der Waals surface area contributed by atoms with Crippen LogP contribution in [-0.4, -0.2) is 58.6 Å². The Morgan fingerprint density at radius 1 is 1.08 bits per heavy atom. The molecule has 4 aromatic rings. The van der Waals surface area contributed by atoms with Crippen molar-refractivity contribution in [3.05, 3.63) is 65.7 Å². The molecule has 186 valence electrons. The molecule has 0 spiro atoms. The van der Waals surface area contributed by atoms with Crippen LogP contribution in [0.15, 0.2) is 43.0 Å². The normalized spacial score (nSPS) is 14.3. The number of methoxy groups -OCH3 is 1. The van der Waals surface area contributed by atoms with Crippen molar-refractivity contribution < 1.29 is 26.7 Å². The zero-order chi connectivity index (χ0) is 25.4. The number of anilines is 1. The predicted octanol–water partition coefficient (Wildman–Crippen LogP) is 3.29. The van der Waals surface area contributed by atoms with Gasteiger partial charge in [0.05, 0.1) is 18.4 Å². The van der Waals surface area contributed by atoms with Gasteiger partial charge in [-0.15, -0.1) is 0 Å². The molecule has 36 heavy (non-hydrogen) atoms. The van der Waals surface area contributed by atoms with Crippen molar-refractivity contribution in [3.8, 4) is 17.1 Å². The van der Waals surface area contributed by atoms with Gasteiger partial charge in [-0.3, -0.25) is 9.52 Å². The number of hydrogen-bond acceptors (Lipinski definition) is 7. The van der Waals surface area contributed by atoms with Gasteiger partial charge in [-0.1, -0.05) is 0 Å². The molecule has 13 heteroatoms. The van der Waals surface area contributed by atoms with Gasteiger partial charge in [-0.25, -0.2) is 23.7 Å². The lowest BCUT2D eigenvalue weighted by molar-refractivity contribution is 0.103. The average Bonchev–Trinajstić information content (AvgIpc) is 3.56. The number of ether oxygens (including phenoxy) is 1. The first-order chi connectivity index (χ1) is 17.3. The molecule has 1 saturated heterocycles. The van der Waals surface area contributed by atoms with E-state index in [1.807, 2.05) is 0 Å². The number of aromatic amines is 1. The third-order valence-electron chi connectivity index (χ3n) is 5.88. The quantitative estimate of drug-likeness (QED) is 0.362. The van der Waals surface area contributed by atoms with E-state index in [1.165, 1.54) is 36.2 Å². The number of halogens is 2. The minimum atomic E-state index is -4.05. The molecule has 0 saturated carbocycles. The molecule has 0 amide bonds. The number of ketones is 1. The standard InChI is InChI=1S/C23H20F2N6O4S/c1-35-23-28-10-14(11-29-23)13-8-15-16(12-27-22(15)26-9-13)21(32)19-17(24)4-5-18(20(19)25)30-36(33,34)31-6-2-3-7-31/h4-5,8-12,30H,2-3,6-7H2,1H3,(H,26,27). The van der Waals surface area contributed by atoms with Crippen LogP contribution in [0.25, 0.3) is 22.2 Å². The molecule has 0 radical (unpaired) electrons. The minimum absolute atomic E-state index is 0.0360. The number of H-pyrrole nitrogens is 1. The Kier molecular flexibility index (Phi) is 6.10. The summed E-state index contributed by atoms with van der Waals surface area (Å²) in [5, 5.41) is 0.315. The number of nitrogens with zero attached hydrogens (tertiary/aromatic N) is 4. The number of aromatic nitrogens is 4. The number of carbonyl (C=O) groups is 1. The molecule has 1 aromatic carbocycles. The van der Waals surface area contributed by atoms with Crippen LogP contribution in [0.3, 0.4) is 0 Å². The van der Waals surface area contributed by atoms with Gasteiger partial charge in [-0.05, 0) is 31.0 Å². The fourth-order valence-corrected chi connectivity index (χ4v) is 5.33. The van der Waals surface area contributed by atoms with E-state index in [9.17, 15) is 17.6 Å². The first-order valence-corrected chi connectivity index (χ1v) is 12.4. The maximum Gasteiger partial charge on any atom is 0.316 e. The third kappa shape index (κ3) is 4.27. The Bertz CT molecular complexity index is 1570. The second kappa shape index (κ2) is 9.24. The highest BCUT2D eigenvalue weighted by molar-refractivity contribution is 7.90. The zero-order valence-corrected chi connectivity index (χ0v) is 19.8. The van der Waals surface area contributed by atoms with E-state index >= 15 is 4.39 Å². The van der Waals surface area contributed by atoms with E-state index in [2.05, 4.69) is 24.7 Å². The predicted molar refractivity (Wildman–Crippen MR) is 127 cm³/mol. The minimum Gasteiger partial charge on any atom is -0.467 e. The van der Waals surface area contributed by atoms with Crippen molar-refractivity contribution in [1.29, 1.82) is 0 Å². The van der Waals surface area contributed by atoms with Crippen molar-refractivity contribution in [1.82, 2.24) is 24.2 Å². The maximum absolute atomic E-state index is 15.3. The van der Waals surface area contributed by atoms with E-state index in [1.54, 1.807) is 6.07 Å².